The van der Waals surface area contributed by atoms with Crippen LogP contribution in [-0.4, -0.2) is 35.2 Å². The molecule has 1 aromatic heterocycles. The van der Waals surface area contributed by atoms with Gasteiger partial charge in [-0.25, -0.2) is 4.98 Å². The van der Waals surface area contributed by atoms with Crippen molar-refractivity contribution in [3.05, 3.63) is 29.8 Å². The normalized spacial score (nSPS) is 33.9. The number of carbonyl (C=O) groups excluding carboxylic acids is 1. The third kappa shape index (κ3) is 3.51. The van der Waals surface area contributed by atoms with E-state index in [4.69, 9.17) is 4.98 Å². The molecule has 5 aliphatic rings. The fraction of sp³-hybridized carbons (Fsp3) is 0.615. The summed E-state index contributed by atoms with van der Waals surface area (Å²) in [7, 11) is 0. The van der Waals surface area contributed by atoms with Gasteiger partial charge in [-0.2, -0.15) is 0 Å². The standard InChI is InChI=1S/C26H33N3O2/c1-16-2-4-22-21(3-5-23(27-22)29-7-6-20(30)15-29)25(16)28-24(31)14-26-11-17-8-18(12-26)10-19(9-17)13-26/h2-5,17-20,30H,6-15H2,1H3,(H,28,31). The number of rotatable bonds is 4. The Labute approximate surface area is 184 Å². The van der Waals surface area contributed by atoms with Gasteiger partial charge in [0.15, 0.2) is 0 Å². The van der Waals surface area contributed by atoms with E-state index >= 15 is 0 Å². The topological polar surface area (TPSA) is 65.5 Å². The molecule has 31 heavy (non-hydrogen) atoms. The van der Waals surface area contributed by atoms with E-state index < -0.39 is 0 Å². The van der Waals surface area contributed by atoms with Gasteiger partial charge in [0.2, 0.25) is 5.91 Å². The Bertz CT molecular complexity index is 997. The number of hydrogen-bond donors (Lipinski definition) is 2. The van der Waals surface area contributed by atoms with Crippen molar-refractivity contribution in [3.8, 4) is 0 Å². The molecule has 1 aromatic carbocycles. The first-order valence-corrected chi connectivity index (χ1v) is 12.1. The van der Waals surface area contributed by atoms with Gasteiger partial charge in [-0.15, -0.1) is 0 Å². The molecule has 2 heterocycles. The third-order valence-electron chi connectivity index (χ3n) is 8.52. The van der Waals surface area contributed by atoms with Gasteiger partial charge < -0.3 is 15.3 Å². The van der Waals surface area contributed by atoms with Crippen LogP contribution in [0.4, 0.5) is 11.5 Å². The maximum absolute atomic E-state index is 13.2. The van der Waals surface area contributed by atoms with E-state index in [2.05, 4.69) is 29.3 Å². The van der Waals surface area contributed by atoms with Gasteiger partial charge in [-0.1, -0.05) is 6.07 Å². The molecule has 1 atom stereocenters. The Kier molecular flexibility index (Phi) is 4.53. The summed E-state index contributed by atoms with van der Waals surface area (Å²) in [5.74, 6) is 3.67. The molecule has 2 N–H and O–H groups in total. The van der Waals surface area contributed by atoms with Crippen LogP contribution in [-0.2, 0) is 4.79 Å². The highest BCUT2D eigenvalue weighted by molar-refractivity contribution is 6.02. The van der Waals surface area contributed by atoms with Gasteiger partial charge >= 0.3 is 0 Å². The lowest BCUT2D eigenvalue weighted by atomic mass is 9.49. The van der Waals surface area contributed by atoms with E-state index in [0.717, 1.165) is 58.7 Å². The van der Waals surface area contributed by atoms with E-state index in [-0.39, 0.29) is 17.4 Å². The third-order valence-corrected chi connectivity index (χ3v) is 8.52. The summed E-state index contributed by atoms with van der Waals surface area (Å²) in [6, 6.07) is 8.19. The minimum atomic E-state index is -0.269. The van der Waals surface area contributed by atoms with Gasteiger partial charge in [0.05, 0.1) is 17.3 Å². The van der Waals surface area contributed by atoms with Crippen molar-refractivity contribution in [2.45, 2.75) is 64.4 Å². The average molecular weight is 420 g/mol. The smallest absolute Gasteiger partial charge is 0.224 e. The van der Waals surface area contributed by atoms with E-state index in [1.807, 2.05) is 12.1 Å². The van der Waals surface area contributed by atoms with Crippen LogP contribution >= 0.6 is 0 Å². The van der Waals surface area contributed by atoms with Gasteiger partial charge in [0, 0.05) is 24.9 Å². The molecule has 1 saturated heterocycles. The van der Waals surface area contributed by atoms with Gasteiger partial charge in [0.25, 0.3) is 0 Å². The Morgan fingerprint density at radius 3 is 2.48 bits per heavy atom. The molecule has 4 bridgehead atoms. The highest BCUT2D eigenvalue weighted by Crippen LogP contribution is 2.61. The molecule has 4 aliphatic carbocycles. The van der Waals surface area contributed by atoms with Crippen molar-refractivity contribution in [3.63, 3.8) is 0 Å². The monoisotopic (exact) mass is 419 g/mol. The van der Waals surface area contributed by atoms with E-state index in [1.165, 1.54) is 38.5 Å². The van der Waals surface area contributed by atoms with Gasteiger partial charge in [-0.3, -0.25) is 4.79 Å². The van der Waals surface area contributed by atoms with Crippen LogP contribution in [0.25, 0.3) is 10.9 Å². The van der Waals surface area contributed by atoms with Crippen molar-refractivity contribution < 1.29 is 9.90 Å². The van der Waals surface area contributed by atoms with Gasteiger partial charge in [-0.05, 0) is 98.8 Å². The van der Waals surface area contributed by atoms with Crippen molar-refractivity contribution in [2.75, 3.05) is 23.3 Å². The fourth-order valence-corrected chi connectivity index (χ4v) is 7.62. The Morgan fingerprint density at radius 1 is 1.13 bits per heavy atom. The number of nitrogens with zero attached hydrogens (tertiary/aromatic N) is 2. The van der Waals surface area contributed by atoms with Crippen LogP contribution in [0, 0.1) is 30.1 Å². The number of benzene rings is 1. The highest BCUT2D eigenvalue weighted by Gasteiger charge is 2.51. The lowest BCUT2D eigenvalue weighted by Gasteiger charge is -2.56. The fourth-order valence-electron chi connectivity index (χ4n) is 7.62. The average Bonchev–Trinajstić information content (AvgIpc) is 3.15. The number of β-amino-alcohol motifs (C(OH)–C–C–N with tert-alkyl or cyclic N) is 1. The van der Waals surface area contributed by atoms with Crippen LogP contribution in [0.5, 0.6) is 0 Å². The molecule has 7 rings (SSSR count). The molecule has 0 radical (unpaired) electrons. The number of aliphatic hydroxyl groups excluding tert-OH is 1. The van der Waals surface area contributed by atoms with Gasteiger partial charge in [0.1, 0.15) is 5.82 Å². The molecule has 4 saturated carbocycles. The summed E-state index contributed by atoms with van der Waals surface area (Å²) in [6.07, 6.45) is 9.19. The van der Waals surface area contributed by atoms with Crippen LogP contribution in [0.3, 0.4) is 0 Å². The minimum absolute atomic E-state index is 0.171. The lowest BCUT2D eigenvalue weighted by Crippen LogP contribution is -2.47. The molecule has 0 spiro atoms. The van der Waals surface area contributed by atoms with Crippen molar-refractivity contribution in [1.82, 2.24) is 4.98 Å². The predicted molar refractivity (Wildman–Crippen MR) is 123 cm³/mol. The van der Waals surface area contributed by atoms with Crippen LogP contribution in [0.15, 0.2) is 24.3 Å². The molecule has 164 valence electrons. The lowest BCUT2D eigenvalue weighted by molar-refractivity contribution is -0.124. The maximum Gasteiger partial charge on any atom is 0.224 e. The minimum Gasteiger partial charge on any atom is -0.391 e. The number of hydrogen-bond acceptors (Lipinski definition) is 4. The summed E-state index contributed by atoms with van der Waals surface area (Å²) in [6.45, 7) is 3.53. The summed E-state index contributed by atoms with van der Waals surface area (Å²) < 4.78 is 0. The molecule has 1 aliphatic heterocycles. The van der Waals surface area contributed by atoms with Crippen LogP contribution in [0.1, 0.15) is 56.9 Å². The zero-order valence-corrected chi connectivity index (χ0v) is 18.4. The summed E-state index contributed by atoms with van der Waals surface area (Å²) in [4.78, 5) is 20.2. The van der Waals surface area contributed by atoms with Crippen LogP contribution < -0.4 is 10.2 Å². The number of amides is 1. The molecule has 5 heteroatoms. The summed E-state index contributed by atoms with van der Waals surface area (Å²) in [5, 5.41) is 14.1. The quantitative estimate of drug-likeness (QED) is 0.757. The number of pyridine rings is 1. The first-order valence-electron chi connectivity index (χ1n) is 12.1. The number of aryl methyl sites for hydroxylation is 1. The van der Waals surface area contributed by atoms with E-state index in [1.54, 1.807) is 0 Å². The highest BCUT2D eigenvalue weighted by atomic mass is 16.3. The van der Waals surface area contributed by atoms with Crippen molar-refractivity contribution in [1.29, 1.82) is 0 Å². The number of anilines is 2. The van der Waals surface area contributed by atoms with Crippen molar-refractivity contribution in [2.24, 2.45) is 23.2 Å². The number of carbonyl (C=O) groups is 1. The second-order valence-electron chi connectivity index (χ2n) is 11.0. The zero-order chi connectivity index (χ0) is 21.2. The van der Waals surface area contributed by atoms with E-state index in [0.29, 0.717) is 13.0 Å². The second kappa shape index (κ2) is 7.19. The Morgan fingerprint density at radius 2 is 1.84 bits per heavy atom. The van der Waals surface area contributed by atoms with Crippen LogP contribution in [0.2, 0.25) is 0 Å². The molecular formula is C26H33N3O2. The van der Waals surface area contributed by atoms with Crippen molar-refractivity contribution >= 4 is 28.3 Å². The molecule has 5 nitrogen and oxygen atoms in total. The molecule has 5 fully saturated rings. The number of aromatic nitrogens is 1. The second-order valence-corrected chi connectivity index (χ2v) is 11.0. The predicted octanol–water partition coefficient (Wildman–Crippen LogP) is 4.66. The SMILES string of the molecule is Cc1ccc2nc(N3CCC(O)C3)ccc2c1NC(=O)CC12CC3CC(CC(C3)C1)C2. The number of nitrogens with one attached hydrogen (secondary N) is 1. The first-order chi connectivity index (χ1) is 15.0. The Balaban J connectivity index is 1.23. The largest absolute Gasteiger partial charge is 0.391 e. The van der Waals surface area contributed by atoms with E-state index in [9.17, 15) is 9.90 Å². The first kappa shape index (κ1) is 19.5. The maximum atomic E-state index is 13.2. The number of aliphatic hydroxyl groups is 1. The molecule has 1 unspecified atom stereocenters. The molecular weight excluding hydrogens is 386 g/mol. The summed E-state index contributed by atoms with van der Waals surface area (Å²) in [5.41, 5.74) is 3.14. The summed E-state index contributed by atoms with van der Waals surface area (Å²) >= 11 is 0. The Hall–Kier alpha value is -2.14. The zero-order valence-electron chi connectivity index (χ0n) is 18.4. The molecule has 1 amide bonds. The molecule has 2 aromatic rings. The number of fused-ring (bicyclic) bond motifs is 1.